The molecule has 2 aliphatic rings. The average Bonchev–Trinajstić information content (AvgIpc) is 3.39. The first-order chi connectivity index (χ1) is 16.9. The van der Waals surface area contributed by atoms with Gasteiger partial charge >= 0.3 is 0 Å². The number of carbonyl (C=O) groups is 3. The number of piperazine rings is 1. The smallest absolute Gasteiger partial charge is 0.253 e. The van der Waals surface area contributed by atoms with Gasteiger partial charge in [0.25, 0.3) is 5.91 Å². The molecule has 1 saturated heterocycles. The van der Waals surface area contributed by atoms with E-state index in [2.05, 4.69) is 22.5 Å². The normalized spacial score (nSPS) is 17.7. The van der Waals surface area contributed by atoms with Crippen molar-refractivity contribution in [2.45, 2.75) is 52.0 Å². The molecule has 2 aromatic carbocycles. The highest BCUT2D eigenvalue weighted by Gasteiger charge is 2.37. The zero-order valence-electron chi connectivity index (χ0n) is 20.8. The number of carbonyl (C=O) groups excluding carboxylic acids is 3. The van der Waals surface area contributed by atoms with Crippen LogP contribution < -0.4 is 10.6 Å². The fraction of sp³-hybridized carbons (Fsp3) is 0.464. The molecule has 1 atom stereocenters. The summed E-state index contributed by atoms with van der Waals surface area (Å²) in [5, 5.41) is 5.84. The Balaban J connectivity index is 1.39. The second kappa shape index (κ2) is 11.5. The zero-order chi connectivity index (χ0) is 24.8. The first-order valence-corrected chi connectivity index (χ1v) is 12.8. The maximum atomic E-state index is 13.5. The summed E-state index contributed by atoms with van der Waals surface area (Å²) in [6.07, 6.45) is 5.39. The van der Waals surface area contributed by atoms with Gasteiger partial charge in [0.1, 0.15) is 0 Å². The molecule has 2 fully saturated rings. The minimum atomic E-state index is -0.200. The van der Waals surface area contributed by atoms with E-state index in [1.807, 2.05) is 41.3 Å². The van der Waals surface area contributed by atoms with Crippen LogP contribution in [-0.4, -0.2) is 59.7 Å². The van der Waals surface area contributed by atoms with Crippen molar-refractivity contribution in [1.29, 1.82) is 0 Å². The van der Waals surface area contributed by atoms with Gasteiger partial charge in [0.05, 0.1) is 6.04 Å². The molecule has 35 heavy (non-hydrogen) atoms. The lowest BCUT2D eigenvalue weighted by molar-refractivity contribution is -0.124. The van der Waals surface area contributed by atoms with Gasteiger partial charge in [-0.1, -0.05) is 31.9 Å². The van der Waals surface area contributed by atoms with E-state index in [9.17, 15) is 14.4 Å². The summed E-state index contributed by atoms with van der Waals surface area (Å²) in [5.74, 6) is 0.281. The summed E-state index contributed by atoms with van der Waals surface area (Å²) >= 11 is 0. The van der Waals surface area contributed by atoms with Crippen LogP contribution in [0.25, 0.3) is 0 Å². The van der Waals surface area contributed by atoms with Crippen molar-refractivity contribution in [3.8, 4) is 0 Å². The Morgan fingerprint density at radius 3 is 1.97 bits per heavy atom. The molecule has 7 heteroatoms. The number of hydrogen-bond donors (Lipinski definition) is 2. The van der Waals surface area contributed by atoms with Gasteiger partial charge in [-0.25, -0.2) is 0 Å². The molecule has 1 saturated carbocycles. The molecular formula is C28H36N4O3. The quantitative estimate of drug-likeness (QED) is 0.629. The summed E-state index contributed by atoms with van der Waals surface area (Å²) in [6, 6.07) is 14.9. The van der Waals surface area contributed by atoms with Crippen LogP contribution in [0.3, 0.4) is 0 Å². The number of anilines is 2. The van der Waals surface area contributed by atoms with Gasteiger partial charge in [-0.3, -0.25) is 19.3 Å². The first-order valence-electron chi connectivity index (χ1n) is 12.8. The van der Waals surface area contributed by atoms with Crippen molar-refractivity contribution in [2.75, 3.05) is 36.8 Å². The third-order valence-corrected chi connectivity index (χ3v) is 7.19. The Bertz CT molecular complexity index is 1020. The lowest BCUT2D eigenvalue weighted by Crippen LogP contribution is -2.56. The highest BCUT2D eigenvalue weighted by molar-refractivity contribution is 5.96. The highest BCUT2D eigenvalue weighted by Crippen LogP contribution is 2.32. The maximum Gasteiger partial charge on any atom is 0.253 e. The summed E-state index contributed by atoms with van der Waals surface area (Å²) < 4.78 is 0. The van der Waals surface area contributed by atoms with Crippen molar-refractivity contribution in [1.82, 2.24) is 9.80 Å². The molecule has 1 heterocycles. The second-order valence-corrected chi connectivity index (χ2v) is 9.62. The van der Waals surface area contributed by atoms with Gasteiger partial charge in [0.15, 0.2) is 0 Å². The van der Waals surface area contributed by atoms with E-state index < -0.39 is 0 Å². The van der Waals surface area contributed by atoms with E-state index in [1.165, 1.54) is 12.5 Å². The fourth-order valence-corrected chi connectivity index (χ4v) is 5.28. The van der Waals surface area contributed by atoms with Crippen LogP contribution in [0.1, 0.15) is 55.5 Å². The van der Waals surface area contributed by atoms with Crippen LogP contribution in [0.15, 0.2) is 48.5 Å². The summed E-state index contributed by atoms with van der Waals surface area (Å²) in [7, 11) is 0. The summed E-state index contributed by atoms with van der Waals surface area (Å²) in [6.45, 7) is 6.20. The van der Waals surface area contributed by atoms with Gasteiger partial charge in [0, 0.05) is 50.0 Å². The van der Waals surface area contributed by atoms with E-state index in [1.54, 1.807) is 12.1 Å². The Kier molecular flexibility index (Phi) is 8.18. The molecule has 2 N–H and O–H groups in total. The molecule has 1 aliphatic heterocycles. The monoisotopic (exact) mass is 476 g/mol. The predicted molar refractivity (Wildman–Crippen MR) is 138 cm³/mol. The van der Waals surface area contributed by atoms with E-state index in [4.69, 9.17) is 0 Å². The molecule has 4 rings (SSSR count). The lowest BCUT2D eigenvalue weighted by atomic mass is 9.94. The number of aryl methyl sites for hydroxylation is 1. The van der Waals surface area contributed by atoms with Crippen LogP contribution in [0.5, 0.6) is 0 Å². The third kappa shape index (κ3) is 6.28. The molecule has 3 amide bonds. The van der Waals surface area contributed by atoms with Gasteiger partial charge in [0.2, 0.25) is 11.8 Å². The number of nitrogens with zero attached hydrogens (tertiary/aromatic N) is 2. The Morgan fingerprint density at radius 2 is 1.43 bits per heavy atom. The van der Waals surface area contributed by atoms with E-state index in [0.29, 0.717) is 37.8 Å². The molecule has 2 aromatic rings. The predicted octanol–water partition coefficient (Wildman–Crippen LogP) is 4.16. The minimum absolute atomic E-state index is 0.0131. The Morgan fingerprint density at radius 1 is 0.857 bits per heavy atom. The SMILES string of the molecule is CCc1ccc(C(=O)N2CCN([C@@H](C(=O)Nc3ccc(NC(C)=O)cc3)C3CCCC3)CC2)cc1. The highest BCUT2D eigenvalue weighted by atomic mass is 16.2. The van der Waals surface area contributed by atoms with Crippen LogP contribution in [-0.2, 0) is 16.0 Å². The van der Waals surface area contributed by atoms with Gasteiger partial charge in [-0.2, -0.15) is 0 Å². The van der Waals surface area contributed by atoms with Crippen LogP contribution >= 0.6 is 0 Å². The van der Waals surface area contributed by atoms with E-state index in [0.717, 1.165) is 43.4 Å². The van der Waals surface area contributed by atoms with Crippen molar-refractivity contribution in [3.63, 3.8) is 0 Å². The van der Waals surface area contributed by atoms with Crippen molar-refractivity contribution >= 4 is 29.1 Å². The Hall–Kier alpha value is -3.19. The molecule has 0 radical (unpaired) electrons. The zero-order valence-corrected chi connectivity index (χ0v) is 20.8. The molecule has 0 aromatic heterocycles. The maximum absolute atomic E-state index is 13.5. The molecule has 0 unspecified atom stereocenters. The van der Waals surface area contributed by atoms with Crippen molar-refractivity contribution < 1.29 is 14.4 Å². The number of amides is 3. The largest absolute Gasteiger partial charge is 0.336 e. The molecular weight excluding hydrogens is 440 g/mol. The number of hydrogen-bond acceptors (Lipinski definition) is 4. The molecule has 1 aliphatic carbocycles. The molecule has 186 valence electrons. The topological polar surface area (TPSA) is 81.8 Å². The summed E-state index contributed by atoms with van der Waals surface area (Å²) in [5.41, 5.74) is 3.37. The molecule has 0 bridgehead atoms. The van der Waals surface area contributed by atoms with E-state index in [-0.39, 0.29) is 23.8 Å². The van der Waals surface area contributed by atoms with Gasteiger partial charge < -0.3 is 15.5 Å². The van der Waals surface area contributed by atoms with Crippen molar-refractivity contribution in [2.24, 2.45) is 5.92 Å². The lowest BCUT2D eigenvalue weighted by Gasteiger charge is -2.40. The second-order valence-electron chi connectivity index (χ2n) is 9.62. The molecule has 7 nitrogen and oxygen atoms in total. The average molecular weight is 477 g/mol. The fourth-order valence-electron chi connectivity index (χ4n) is 5.28. The van der Waals surface area contributed by atoms with Crippen LogP contribution in [0.4, 0.5) is 11.4 Å². The Labute approximate surface area is 207 Å². The first kappa shape index (κ1) is 24.9. The molecule has 0 spiro atoms. The number of benzene rings is 2. The van der Waals surface area contributed by atoms with Crippen molar-refractivity contribution in [3.05, 3.63) is 59.7 Å². The van der Waals surface area contributed by atoms with Gasteiger partial charge in [-0.15, -0.1) is 0 Å². The minimum Gasteiger partial charge on any atom is -0.336 e. The van der Waals surface area contributed by atoms with Crippen LogP contribution in [0.2, 0.25) is 0 Å². The van der Waals surface area contributed by atoms with Gasteiger partial charge in [-0.05, 0) is 67.1 Å². The van der Waals surface area contributed by atoms with Crippen LogP contribution in [0, 0.1) is 5.92 Å². The summed E-state index contributed by atoms with van der Waals surface area (Å²) in [4.78, 5) is 41.9. The van der Waals surface area contributed by atoms with E-state index >= 15 is 0 Å². The third-order valence-electron chi connectivity index (χ3n) is 7.19. The number of rotatable bonds is 7. The standard InChI is InChI=1S/C28H36N4O3/c1-3-21-8-10-23(11-9-21)28(35)32-18-16-31(17-19-32)26(22-6-4-5-7-22)27(34)30-25-14-12-24(13-15-25)29-20(2)33/h8-15,22,26H,3-7,16-19H2,1-2H3,(H,29,33)(H,30,34)/t26-/m1/s1. The number of nitrogens with one attached hydrogen (secondary N) is 2.